The average molecular weight is 236 g/mol. The zero-order chi connectivity index (χ0) is 12.1. The molecule has 0 amide bonds. The summed E-state index contributed by atoms with van der Waals surface area (Å²) in [5.74, 6) is 0.445. The van der Waals surface area contributed by atoms with Gasteiger partial charge in [0.15, 0.2) is 0 Å². The highest BCUT2D eigenvalue weighted by atomic mass is 16.5. The topological polar surface area (TPSA) is 44.1 Å². The number of hydrogen-bond acceptors (Lipinski definition) is 3. The lowest BCUT2D eigenvalue weighted by atomic mass is 9.89. The molecule has 0 bridgehead atoms. The number of carbonyl (C=O) groups is 1. The fraction of sp³-hybridized carbons (Fsp3) is 0.692. The molecule has 2 rings (SSSR count). The first-order valence-corrected chi connectivity index (χ1v) is 6.49. The standard InChI is InChI=1S/C13H20N2O2/c1-2-17-13(16)12-8-14-15(10-12)9-11-6-4-3-5-7-11/h8,10-11H,2-7,9H2,1H3. The second kappa shape index (κ2) is 5.84. The number of nitrogens with zero attached hydrogens (tertiary/aromatic N) is 2. The maximum absolute atomic E-state index is 11.5. The van der Waals surface area contributed by atoms with Gasteiger partial charge in [0.1, 0.15) is 0 Å². The largest absolute Gasteiger partial charge is 0.462 e. The van der Waals surface area contributed by atoms with Gasteiger partial charge < -0.3 is 4.74 Å². The van der Waals surface area contributed by atoms with Crippen LogP contribution in [0.15, 0.2) is 12.4 Å². The molecule has 4 nitrogen and oxygen atoms in total. The van der Waals surface area contributed by atoms with Crippen LogP contribution < -0.4 is 0 Å². The van der Waals surface area contributed by atoms with Crippen LogP contribution >= 0.6 is 0 Å². The lowest BCUT2D eigenvalue weighted by Crippen LogP contribution is -2.14. The third kappa shape index (κ3) is 3.32. The van der Waals surface area contributed by atoms with Crippen molar-refractivity contribution in [3.63, 3.8) is 0 Å². The van der Waals surface area contributed by atoms with Gasteiger partial charge in [0, 0.05) is 12.7 Å². The molecule has 4 heteroatoms. The summed E-state index contributed by atoms with van der Waals surface area (Å²) in [4.78, 5) is 11.5. The van der Waals surface area contributed by atoms with Crippen LogP contribution in [-0.4, -0.2) is 22.4 Å². The minimum atomic E-state index is -0.276. The Labute approximate surface area is 102 Å². The monoisotopic (exact) mass is 236 g/mol. The highest BCUT2D eigenvalue weighted by molar-refractivity contribution is 5.88. The van der Waals surface area contributed by atoms with E-state index in [1.54, 1.807) is 12.4 Å². The first kappa shape index (κ1) is 12.1. The third-order valence-electron chi connectivity index (χ3n) is 3.31. The zero-order valence-electron chi connectivity index (χ0n) is 10.4. The Balaban J connectivity index is 1.91. The lowest BCUT2D eigenvalue weighted by Gasteiger charge is -2.21. The van der Waals surface area contributed by atoms with Crippen LogP contribution in [0.3, 0.4) is 0 Å². The summed E-state index contributed by atoms with van der Waals surface area (Å²) >= 11 is 0. The molecule has 94 valence electrons. The highest BCUT2D eigenvalue weighted by Crippen LogP contribution is 2.24. The Morgan fingerprint density at radius 3 is 2.94 bits per heavy atom. The Morgan fingerprint density at radius 1 is 1.47 bits per heavy atom. The zero-order valence-corrected chi connectivity index (χ0v) is 10.4. The molecule has 1 aromatic rings. The Morgan fingerprint density at radius 2 is 2.24 bits per heavy atom. The quantitative estimate of drug-likeness (QED) is 0.755. The summed E-state index contributed by atoms with van der Waals surface area (Å²) in [6.07, 6.45) is 9.99. The van der Waals surface area contributed by atoms with Crippen molar-refractivity contribution in [2.24, 2.45) is 5.92 Å². The predicted octanol–water partition coefficient (Wildman–Crippen LogP) is 2.64. The number of ether oxygens (including phenoxy) is 1. The van der Waals surface area contributed by atoms with Gasteiger partial charge in [-0.05, 0) is 25.7 Å². The van der Waals surface area contributed by atoms with Gasteiger partial charge in [0.2, 0.25) is 0 Å². The number of esters is 1. The minimum absolute atomic E-state index is 0.276. The van der Waals surface area contributed by atoms with Gasteiger partial charge in [-0.2, -0.15) is 5.10 Å². The normalized spacial score (nSPS) is 17.0. The summed E-state index contributed by atoms with van der Waals surface area (Å²) in [6.45, 7) is 3.15. The van der Waals surface area contributed by atoms with E-state index in [0.29, 0.717) is 12.2 Å². The summed E-state index contributed by atoms with van der Waals surface area (Å²) < 4.78 is 6.82. The first-order valence-electron chi connectivity index (χ1n) is 6.49. The van der Waals surface area contributed by atoms with Crippen LogP contribution in [-0.2, 0) is 11.3 Å². The second-order valence-electron chi connectivity index (χ2n) is 4.68. The van der Waals surface area contributed by atoms with E-state index in [1.165, 1.54) is 32.1 Å². The van der Waals surface area contributed by atoms with Crippen molar-refractivity contribution in [2.75, 3.05) is 6.61 Å². The fourth-order valence-electron chi connectivity index (χ4n) is 2.42. The van der Waals surface area contributed by atoms with E-state index in [0.717, 1.165) is 12.5 Å². The van der Waals surface area contributed by atoms with Crippen molar-refractivity contribution in [2.45, 2.75) is 45.6 Å². The fourth-order valence-corrected chi connectivity index (χ4v) is 2.42. The molecule has 1 fully saturated rings. The van der Waals surface area contributed by atoms with Gasteiger partial charge in [-0.25, -0.2) is 4.79 Å². The number of aromatic nitrogens is 2. The van der Waals surface area contributed by atoms with E-state index in [9.17, 15) is 4.79 Å². The van der Waals surface area contributed by atoms with Crippen LogP contribution in [0, 0.1) is 5.92 Å². The van der Waals surface area contributed by atoms with Crippen molar-refractivity contribution >= 4 is 5.97 Å². The molecule has 0 atom stereocenters. The number of hydrogen-bond donors (Lipinski definition) is 0. The molecule has 0 radical (unpaired) electrons. The SMILES string of the molecule is CCOC(=O)c1cnn(CC2CCCCC2)c1. The van der Waals surface area contributed by atoms with Crippen molar-refractivity contribution in [1.29, 1.82) is 0 Å². The van der Waals surface area contributed by atoms with E-state index >= 15 is 0 Å². The summed E-state index contributed by atoms with van der Waals surface area (Å²) in [7, 11) is 0. The van der Waals surface area contributed by atoms with Crippen molar-refractivity contribution in [3.8, 4) is 0 Å². The molecule has 0 N–H and O–H groups in total. The molecule has 17 heavy (non-hydrogen) atoms. The van der Waals surface area contributed by atoms with Gasteiger partial charge in [-0.3, -0.25) is 4.68 Å². The molecular formula is C13H20N2O2. The van der Waals surface area contributed by atoms with Gasteiger partial charge in [0.05, 0.1) is 18.4 Å². The van der Waals surface area contributed by atoms with E-state index in [1.807, 2.05) is 11.6 Å². The Bertz CT molecular complexity index is 367. The van der Waals surface area contributed by atoms with Gasteiger partial charge in [-0.15, -0.1) is 0 Å². The van der Waals surface area contributed by atoms with E-state index in [4.69, 9.17) is 4.74 Å². The molecule has 0 aliphatic heterocycles. The molecule has 1 heterocycles. The molecule has 0 unspecified atom stereocenters. The summed E-state index contributed by atoms with van der Waals surface area (Å²) in [5, 5.41) is 4.23. The molecular weight excluding hydrogens is 216 g/mol. The van der Waals surface area contributed by atoms with Gasteiger partial charge in [-0.1, -0.05) is 19.3 Å². The van der Waals surface area contributed by atoms with Crippen LogP contribution in [0.4, 0.5) is 0 Å². The third-order valence-corrected chi connectivity index (χ3v) is 3.31. The second-order valence-corrected chi connectivity index (χ2v) is 4.68. The van der Waals surface area contributed by atoms with E-state index in [2.05, 4.69) is 5.10 Å². The Kier molecular flexibility index (Phi) is 4.18. The van der Waals surface area contributed by atoms with Crippen LogP contribution in [0.1, 0.15) is 49.4 Å². The van der Waals surface area contributed by atoms with E-state index < -0.39 is 0 Å². The molecule has 1 aromatic heterocycles. The Hall–Kier alpha value is -1.32. The predicted molar refractivity (Wildman–Crippen MR) is 64.8 cm³/mol. The number of rotatable bonds is 4. The minimum Gasteiger partial charge on any atom is -0.462 e. The summed E-state index contributed by atoms with van der Waals surface area (Å²) in [5.41, 5.74) is 0.558. The van der Waals surface area contributed by atoms with Crippen LogP contribution in [0.2, 0.25) is 0 Å². The molecule has 0 saturated heterocycles. The average Bonchev–Trinajstić information content (AvgIpc) is 2.79. The van der Waals surface area contributed by atoms with Crippen LogP contribution in [0.5, 0.6) is 0 Å². The van der Waals surface area contributed by atoms with Crippen molar-refractivity contribution in [3.05, 3.63) is 18.0 Å². The van der Waals surface area contributed by atoms with Crippen molar-refractivity contribution < 1.29 is 9.53 Å². The molecule has 1 aliphatic carbocycles. The highest BCUT2D eigenvalue weighted by Gasteiger charge is 2.15. The van der Waals surface area contributed by atoms with Crippen LogP contribution in [0.25, 0.3) is 0 Å². The smallest absolute Gasteiger partial charge is 0.341 e. The van der Waals surface area contributed by atoms with Crippen molar-refractivity contribution in [1.82, 2.24) is 9.78 Å². The number of carbonyl (C=O) groups excluding carboxylic acids is 1. The molecule has 1 aliphatic rings. The first-order chi connectivity index (χ1) is 8.29. The maximum atomic E-state index is 11.5. The molecule has 0 aromatic carbocycles. The van der Waals surface area contributed by atoms with E-state index in [-0.39, 0.29) is 5.97 Å². The summed E-state index contributed by atoms with van der Waals surface area (Å²) in [6, 6.07) is 0. The lowest BCUT2D eigenvalue weighted by molar-refractivity contribution is 0.0526. The van der Waals surface area contributed by atoms with Gasteiger partial charge in [0.25, 0.3) is 0 Å². The van der Waals surface area contributed by atoms with Gasteiger partial charge >= 0.3 is 5.97 Å². The molecule has 0 spiro atoms. The molecule has 1 saturated carbocycles. The maximum Gasteiger partial charge on any atom is 0.341 e.